The Labute approximate surface area is 90.9 Å². The largest absolute Gasteiger partial charge is 0.386 e. The standard InChI is InChI=1S/C11H20N2O2/c1-11(2,3)10(15-5)9(14)8-6-12-13(4)7-8/h6-7,9-10,14H,1-5H3. The fourth-order valence-corrected chi connectivity index (χ4v) is 1.72. The molecular weight excluding hydrogens is 192 g/mol. The predicted octanol–water partition coefficient (Wildman–Crippen LogP) is 1.51. The summed E-state index contributed by atoms with van der Waals surface area (Å²) in [5, 5.41) is 14.2. The third kappa shape index (κ3) is 2.79. The first-order valence-electron chi connectivity index (χ1n) is 5.05. The lowest BCUT2D eigenvalue weighted by atomic mass is 9.84. The number of aliphatic hydroxyl groups excluding tert-OH is 1. The van der Waals surface area contributed by atoms with Crippen molar-refractivity contribution in [3.63, 3.8) is 0 Å². The summed E-state index contributed by atoms with van der Waals surface area (Å²) in [6.07, 6.45) is 2.61. The van der Waals surface area contributed by atoms with E-state index in [1.54, 1.807) is 18.0 Å². The van der Waals surface area contributed by atoms with Crippen molar-refractivity contribution in [1.82, 2.24) is 9.78 Å². The molecule has 4 nitrogen and oxygen atoms in total. The van der Waals surface area contributed by atoms with Crippen molar-refractivity contribution in [1.29, 1.82) is 0 Å². The minimum absolute atomic E-state index is 0.107. The molecule has 2 unspecified atom stereocenters. The average molecular weight is 212 g/mol. The Kier molecular flexibility index (Phi) is 3.52. The van der Waals surface area contributed by atoms with Crippen LogP contribution >= 0.6 is 0 Å². The maximum atomic E-state index is 10.2. The quantitative estimate of drug-likeness (QED) is 0.826. The number of nitrogens with zero attached hydrogens (tertiary/aromatic N) is 2. The zero-order valence-electron chi connectivity index (χ0n) is 10.1. The molecule has 0 bridgehead atoms. The van der Waals surface area contributed by atoms with Crippen molar-refractivity contribution in [3.05, 3.63) is 18.0 Å². The highest BCUT2D eigenvalue weighted by molar-refractivity contribution is 5.10. The van der Waals surface area contributed by atoms with Crippen LogP contribution in [0.4, 0.5) is 0 Å². The lowest BCUT2D eigenvalue weighted by Gasteiger charge is -2.32. The Morgan fingerprint density at radius 2 is 2.07 bits per heavy atom. The maximum absolute atomic E-state index is 10.2. The van der Waals surface area contributed by atoms with Crippen molar-refractivity contribution in [2.45, 2.75) is 33.0 Å². The molecule has 1 aromatic rings. The average Bonchev–Trinajstić information content (AvgIpc) is 2.50. The van der Waals surface area contributed by atoms with Gasteiger partial charge >= 0.3 is 0 Å². The van der Waals surface area contributed by atoms with Crippen LogP contribution in [0.1, 0.15) is 32.4 Å². The minimum Gasteiger partial charge on any atom is -0.386 e. The van der Waals surface area contributed by atoms with Crippen LogP contribution in [0.5, 0.6) is 0 Å². The number of ether oxygens (including phenoxy) is 1. The van der Waals surface area contributed by atoms with Crippen molar-refractivity contribution in [2.75, 3.05) is 7.11 Å². The van der Waals surface area contributed by atoms with Gasteiger partial charge in [-0.1, -0.05) is 20.8 Å². The lowest BCUT2D eigenvalue weighted by Crippen LogP contribution is -2.34. The smallest absolute Gasteiger partial charge is 0.109 e. The normalized spacial score (nSPS) is 16.4. The van der Waals surface area contributed by atoms with Crippen LogP contribution < -0.4 is 0 Å². The van der Waals surface area contributed by atoms with Crippen LogP contribution in [0.2, 0.25) is 0 Å². The number of hydrogen-bond donors (Lipinski definition) is 1. The molecule has 1 N–H and O–H groups in total. The Morgan fingerprint density at radius 1 is 1.47 bits per heavy atom. The molecule has 0 saturated carbocycles. The van der Waals surface area contributed by atoms with Crippen LogP contribution in [0, 0.1) is 5.41 Å². The number of rotatable bonds is 3. The van der Waals surface area contributed by atoms with Gasteiger partial charge in [-0.05, 0) is 5.41 Å². The van der Waals surface area contributed by atoms with E-state index in [4.69, 9.17) is 4.74 Å². The first-order valence-corrected chi connectivity index (χ1v) is 5.05. The number of methoxy groups -OCH3 is 1. The Bertz CT molecular complexity index is 315. The van der Waals surface area contributed by atoms with E-state index in [2.05, 4.69) is 5.10 Å². The van der Waals surface area contributed by atoms with E-state index in [0.717, 1.165) is 5.56 Å². The number of aryl methyl sites for hydroxylation is 1. The molecule has 0 aliphatic rings. The van der Waals surface area contributed by atoms with Gasteiger partial charge in [-0.2, -0.15) is 5.10 Å². The summed E-state index contributed by atoms with van der Waals surface area (Å²) in [4.78, 5) is 0. The van der Waals surface area contributed by atoms with Gasteiger partial charge in [-0.3, -0.25) is 4.68 Å². The van der Waals surface area contributed by atoms with Gasteiger partial charge in [0, 0.05) is 25.9 Å². The number of aliphatic hydroxyl groups is 1. The molecule has 0 aliphatic carbocycles. The van der Waals surface area contributed by atoms with Gasteiger partial charge in [0.25, 0.3) is 0 Å². The minimum atomic E-state index is -0.635. The van der Waals surface area contributed by atoms with Crippen LogP contribution in [0.15, 0.2) is 12.4 Å². The molecule has 0 saturated heterocycles. The predicted molar refractivity (Wildman–Crippen MR) is 58.4 cm³/mol. The molecule has 1 heterocycles. The van der Waals surface area contributed by atoms with Crippen LogP contribution in [0.25, 0.3) is 0 Å². The SMILES string of the molecule is COC(C(O)c1cnn(C)c1)C(C)(C)C. The second kappa shape index (κ2) is 4.33. The highest BCUT2D eigenvalue weighted by Gasteiger charge is 2.32. The summed E-state index contributed by atoms with van der Waals surface area (Å²) >= 11 is 0. The van der Waals surface area contributed by atoms with Gasteiger partial charge in [0.2, 0.25) is 0 Å². The fourth-order valence-electron chi connectivity index (χ4n) is 1.72. The molecule has 0 amide bonds. The Balaban J connectivity index is 2.87. The molecule has 0 aliphatic heterocycles. The molecule has 86 valence electrons. The van der Waals surface area contributed by atoms with E-state index in [1.165, 1.54) is 0 Å². The van der Waals surface area contributed by atoms with E-state index < -0.39 is 6.10 Å². The summed E-state index contributed by atoms with van der Waals surface area (Å²) in [6, 6.07) is 0. The van der Waals surface area contributed by atoms with E-state index in [9.17, 15) is 5.11 Å². The lowest BCUT2D eigenvalue weighted by molar-refractivity contribution is -0.0724. The summed E-state index contributed by atoms with van der Waals surface area (Å²) in [7, 11) is 3.45. The number of aromatic nitrogens is 2. The van der Waals surface area contributed by atoms with Gasteiger partial charge < -0.3 is 9.84 Å². The first-order chi connectivity index (χ1) is 6.86. The van der Waals surface area contributed by atoms with E-state index in [1.807, 2.05) is 34.0 Å². The Morgan fingerprint density at radius 3 is 2.40 bits per heavy atom. The van der Waals surface area contributed by atoms with Gasteiger partial charge in [-0.25, -0.2) is 0 Å². The third-order valence-electron chi connectivity index (χ3n) is 2.46. The van der Waals surface area contributed by atoms with E-state index in [0.29, 0.717) is 0 Å². The monoisotopic (exact) mass is 212 g/mol. The van der Waals surface area contributed by atoms with E-state index in [-0.39, 0.29) is 11.5 Å². The van der Waals surface area contributed by atoms with Gasteiger partial charge in [0.05, 0.1) is 12.3 Å². The summed E-state index contributed by atoms with van der Waals surface area (Å²) in [6.45, 7) is 6.13. The number of hydrogen-bond acceptors (Lipinski definition) is 3. The molecule has 4 heteroatoms. The van der Waals surface area contributed by atoms with Crippen molar-refractivity contribution >= 4 is 0 Å². The second-order valence-corrected chi connectivity index (χ2v) is 4.91. The highest BCUT2D eigenvalue weighted by atomic mass is 16.5. The van der Waals surface area contributed by atoms with Crippen molar-refractivity contribution in [2.24, 2.45) is 12.5 Å². The molecule has 1 rings (SSSR count). The molecule has 0 radical (unpaired) electrons. The molecule has 0 aromatic carbocycles. The van der Waals surface area contributed by atoms with Crippen LogP contribution in [-0.2, 0) is 11.8 Å². The molecular formula is C11H20N2O2. The third-order valence-corrected chi connectivity index (χ3v) is 2.46. The van der Waals surface area contributed by atoms with Gasteiger partial charge in [0.15, 0.2) is 0 Å². The maximum Gasteiger partial charge on any atom is 0.109 e. The molecule has 0 fully saturated rings. The highest BCUT2D eigenvalue weighted by Crippen LogP contribution is 2.31. The van der Waals surface area contributed by atoms with Crippen molar-refractivity contribution < 1.29 is 9.84 Å². The first kappa shape index (κ1) is 12.2. The topological polar surface area (TPSA) is 47.3 Å². The molecule has 15 heavy (non-hydrogen) atoms. The molecule has 1 aromatic heterocycles. The summed E-state index contributed by atoms with van der Waals surface area (Å²) in [5.74, 6) is 0. The summed E-state index contributed by atoms with van der Waals surface area (Å²) in [5.41, 5.74) is 0.684. The zero-order chi connectivity index (χ0) is 11.6. The van der Waals surface area contributed by atoms with Crippen LogP contribution in [-0.4, -0.2) is 28.1 Å². The van der Waals surface area contributed by atoms with Crippen LogP contribution in [0.3, 0.4) is 0 Å². The van der Waals surface area contributed by atoms with E-state index >= 15 is 0 Å². The fraction of sp³-hybridized carbons (Fsp3) is 0.727. The molecule has 2 atom stereocenters. The van der Waals surface area contributed by atoms with Gasteiger partial charge in [-0.15, -0.1) is 0 Å². The second-order valence-electron chi connectivity index (χ2n) is 4.91. The van der Waals surface area contributed by atoms with Crippen molar-refractivity contribution in [3.8, 4) is 0 Å². The summed E-state index contributed by atoms with van der Waals surface area (Å²) < 4.78 is 7.03. The molecule has 0 spiro atoms. The zero-order valence-corrected chi connectivity index (χ0v) is 10.1. The van der Waals surface area contributed by atoms with Gasteiger partial charge in [0.1, 0.15) is 6.10 Å². The Hall–Kier alpha value is -0.870.